The van der Waals surface area contributed by atoms with Crippen LogP contribution in [0.2, 0.25) is 0 Å². The van der Waals surface area contributed by atoms with Gasteiger partial charge in [-0.25, -0.2) is 5.43 Å². The Bertz CT molecular complexity index is 794. The van der Waals surface area contributed by atoms with Crippen LogP contribution >= 0.6 is 15.9 Å². The van der Waals surface area contributed by atoms with Crippen LogP contribution < -0.4 is 10.2 Å². The quantitative estimate of drug-likeness (QED) is 0.591. The van der Waals surface area contributed by atoms with Gasteiger partial charge in [-0.05, 0) is 35.2 Å². The van der Waals surface area contributed by atoms with Crippen LogP contribution in [-0.4, -0.2) is 24.3 Å². The molecule has 1 amide bonds. The van der Waals surface area contributed by atoms with Crippen molar-refractivity contribution in [2.24, 2.45) is 5.10 Å². The summed E-state index contributed by atoms with van der Waals surface area (Å²) in [6.07, 6.45) is 1.37. The van der Waals surface area contributed by atoms with Crippen molar-refractivity contribution in [2.45, 2.75) is 26.2 Å². The van der Waals surface area contributed by atoms with Crippen LogP contribution in [0.25, 0.3) is 0 Å². The van der Waals surface area contributed by atoms with Crippen LogP contribution in [0.15, 0.2) is 46.0 Å². The molecule has 0 unspecified atom stereocenters. The average Bonchev–Trinajstić information content (AvgIpc) is 2.56. The van der Waals surface area contributed by atoms with E-state index in [1.54, 1.807) is 24.3 Å². The Labute approximate surface area is 155 Å². The molecule has 25 heavy (non-hydrogen) atoms. The first kappa shape index (κ1) is 19.0. The minimum absolute atomic E-state index is 0.0322. The smallest absolute Gasteiger partial charge is 0.271 e. The van der Waals surface area contributed by atoms with Gasteiger partial charge in [-0.1, -0.05) is 48.8 Å². The number of amides is 1. The summed E-state index contributed by atoms with van der Waals surface area (Å²) >= 11 is 3.33. The third kappa shape index (κ3) is 4.82. The van der Waals surface area contributed by atoms with Gasteiger partial charge in [0.05, 0.1) is 13.3 Å². The Morgan fingerprint density at radius 1 is 1.24 bits per heavy atom. The molecule has 0 aliphatic carbocycles. The number of phenols is 1. The van der Waals surface area contributed by atoms with E-state index in [0.29, 0.717) is 16.9 Å². The fourth-order valence-electron chi connectivity index (χ4n) is 2.20. The van der Waals surface area contributed by atoms with Crippen molar-refractivity contribution < 1.29 is 14.6 Å². The number of nitrogens with one attached hydrogen (secondary N) is 1. The third-order valence-electron chi connectivity index (χ3n) is 3.67. The lowest BCUT2D eigenvalue weighted by Crippen LogP contribution is -2.18. The van der Waals surface area contributed by atoms with Gasteiger partial charge in [0.25, 0.3) is 5.91 Å². The Balaban J connectivity index is 2.10. The summed E-state index contributed by atoms with van der Waals surface area (Å²) in [5.41, 5.74) is 4.58. The first-order chi connectivity index (χ1) is 11.7. The number of hydrogen-bond acceptors (Lipinski definition) is 4. The van der Waals surface area contributed by atoms with Crippen molar-refractivity contribution in [3.05, 3.63) is 57.6 Å². The average molecular weight is 405 g/mol. The second kappa shape index (κ2) is 7.70. The highest BCUT2D eigenvalue weighted by atomic mass is 79.9. The van der Waals surface area contributed by atoms with Crippen molar-refractivity contribution >= 4 is 28.1 Å². The van der Waals surface area contributed by atoms with E-state index in [1.165, 1.54) is 13.3 Å². The molecule has 0 saturated carbocycles. The number of carbonyl (C=O) groups is 1. The van der Waals surface area contributed by atoms with Crippen molar-refractivity contribution in [3.8, 4) is 11.5 Å². The molecule has 0 aliphatic rings. The molecule has 0 atom stereocenters. The van der Waals surface area contributed by atoms with E-state index in [9.17, 15) is 9.90 Å². The number of hydrogen-bond donors (Lipinski definition) is 2. The van der Waals surface area contributed by atoms with Crippen LogP contribution in [-0.2, 0) is 5.41 Å². The van der Waals surface area contributed by atoms with Crippen molar-refractivity contribution in [3.63, 3.8) is 0 Å². The minimum Gasteiger partial charge on any atom is -0.504 e. The van der Waals surface area contributed by atoms with Gasteiger partial charge in [-0.2, -0.15) is 5.10 Å². The monoisotopic (exact) mass is 404 g/mol. The number of rotatable bonds is 4. The maximum Gasteiger partial charge on any atom is 0.271 e. The number of ether oxygens (including phenoxy) is 1. The molecule has 0 aliphatic heterocycles. The van der Waals surface area contributed by atoms with Gasteiger partial charge in [0.15, 0.2) is 11.5 Å². The first-order valence-corrected chi connectivity index (χ1v) is 8.52. The lowest BCUT2D eigenvalue weighted by Gasteiger charge is -2.18. The Morgan fingerprint density at radius 3 is 2.44 bits per heavy atom. The number of phenolic OH excluding ortho intramolecular Hbond substituents is 1. The van der Waals surface area contributed by atoms with Crippen molar-refractivity contribution in [1.29, 1.82) is 0 Å². The first-order valence-electron chi connectivity index (χ1n) is 7.73. The van der Waals surface area contributed by atoms with Gasteiger partial charge < -0.3 is 9.84 Å². The molecule has 0 heterocycles. The van der Waals surface area contributed by atoms with Gasteiger partial charge in [0.2, 0.25) is 0 Å². The summed E-state index contributed by atoms with van der Waals surface area (Å²) in [6, 6.07) is 10.7. The minimum atomic E-state index is -0.321. The molecule has 2 N–H and O–H groups in total. The molecule has 2 aromatic carbocycles. The predicted octanol–water partition coefficient (Wildman–Crippen LogP) is 4.22. The third-order valence-corrected chi connectivity index (χ3v) is 4.13. The van der Waals surface area contributed by atoms with Gasteiger partial charge in [0.1, 0.15) is 0 Å². The molecule has 0 spiro atoms. The van der Waals surface area contributed by atoms with Gasteiger partial charge >= 0.3 is 0 Å². The number of halogens is 1. The zero-order valence-electron chi connectivity index (χ0n) is 14.6. The van der Waals surface area contributed by atoms with Gasteiger partial charge in [-0.3, -0.25) is 4.79 Å². The topological polar surface area (TPSA) is 70.9 Å². The second-order valence-electron chi connectivity index (χ2n) is 6.57. The molecule has 2 rings (SSSR count). The Kier molecular flexibility index (Phi) is 5.85. The largest absolute Gasteiger partial charge is 0.504 e. The van der Waals surface area contributed by atoms with Gasteiger partial charge in [0, 0.05) is 15.6 Å². The van der Waals surface area contributed by atoms with Crippen LogP contribution in [0.3, 0.4) is 0 Å². The van der Waals surface area contributed by atoms with E-state index in [2.05, 4.69) is 47.2 Å². The highest BCUT2D eigenvalue weighted by Gasteiger charge is 2.14. The molecule has 0 fully saturated rings. The van der Waals surface area contributed by atoms with E-state index in [0.717, 1.165) is 10.0 Å². The highest BCUT2D eigenvalue weighted by molar-refractivity contribution is 9.10. The number of nitrogens with zero attached hydrogens (tertiary/aromatic N) is 1. The molecule has 2 aromatic rings. The van der Waals surface area contributed by atoms with E-state index in [4.69, 9.17) is 4.74 Å². The maximum atomic E-state index is 12.1. The zero-order chi connectivity index (χ0) is 18.6. The second-order valence-corrected chi connectivity index (χ2v) is 7.49. The summed E-state index contributed by atoms with van der Waals surface area (Å²) in [4.78, 5) is 12.1. The summed E-state index contributed by atoms with van der Waals surface area (Å²) in [6.45, 7) is 6.35. The molecule has 132 valence electrons. The lowest BCUT2D eigenvalue weighted by molar-refractivity contribution is 0.0955. The summed E-state index contributed by atoms with van der Waals surface area (Å²) in [5.74, 6) is -0.0451. The molecule has 5 nitrogen and oxygen atoms in total. The predicted molar refractivity (Wildman–Crippen MR) is 103 cm³/mol. The SMILES string of the molecule is COc1cc(Br)cc(/C=N\NC(=O)c2ccc(C(C)(C)C)cc2)c1O. The molecular weight excluding hydrogens is 384 g/mol. The van der Waals surface area contributed by atoms with Crippen LogP contribution in [0.1, 0.15) is 42.3 Å². The Morgan fingerprint density at radius 2 is 1.88 bits per heavy atom. The molecule has 0 aromatic heterocycles. The van der Waals surface area contributed by atoms with Crippen LogP contribution in [0.5, 0.6) is 11.5 Å². The maximum absolute atomic E-state index is 12.1. The molecule has 6 heteroatoms. The van der Waals surface area contributed by atoms with E-state index >= 15 is 0 Å². The summed E-state index contributed by atoms with van der Waals surface area (Å²) < 4.78 is 5.80. The van der Waals surface area contributed by atoms with E-state index in [-0.39, 0.29) is 17.1 Å². The summed E-state index contributed by atoms with van der Waals surface area (Å²) in [5, 5.41) is 14.0. The van der Waals surface area contributed by atoms with Gasteiger partial charge in [-0.15, -0.1) is 0 Å². The molecule has 0 radical (unpaired) electrons. The number of benzene rings is 2. The number of carbonyl (C=O) groups excluding carboxylic acids is 1. The van der Waals surface area contributed by atoms with Crippen molar-refractivity contribution in [1.82, 2.24) is 5.43 Å². The number of methoxy groups -OCH3 is 1. The molecule has 0 saturated heterocycles. The fourth-order valence-corrected chi connectivity index (χ4v) is 2.65. The Hall–Kier alpha value is -2.34. The highest BCUT2D eigenvalue weighted by Crippen LogP contribution is 2.32. The van der Waals surface area contributed by atoms with E-state index in [1.807, 2.05) is 12.1 Å². The lowest BCUT2D eigenvalue weighted by atomic mass is 9.87. The number of hydrazone groups is 1. The van der Waals surface area contributed by atoms with Crippen molar-refractivity contribution in [2.75, 3.05) is 7.11 Å². The molecular formula is C19H21BrN2O3. The van der Waals surface area contributed by atoms with Crippen LogP contribution in [0, 0.1) is 0 Å². The zero-order valence-corrected chi connectivity index (χ0v) is 16.2. The number of aromatic hydroxyl groups is 1. The fraction of sp³-hybridized carbons (Fsp3) is 0.263. The normalized spacial score (nSPS) is 11.6. The van der Waals surface area contributed by atoms with E-state index < -0.39 is 0 Å². The van der Waals surface area contributed by atoms with Crippen LogP contribution in [0.4, 0.5) is 0 Å². The standard InChI is InChI=1S/C19H21BrN2O3/c1-19(2,3)14-7-5-12(6-8-14)18(24)22-21-11-13-9-15(20)10-16(25-4)17(13)23/h5-11,23H,1-4H3,(H,22,24)/b21-11-. The summed E-state index contributed by atoms with van der Waals surface area (Å²) in [7, 11) is 1.46. The molecule has 0 bridgehead atoms.